The topological polar surface area (TPSA) is 93.5 Å². The highest BCUT2D eigenvalue weighted by molar-refractivity contribution is 5.96. The van der Waals surface area contributed by atoms with E-state index in [9.17, 15) is 9.59 Å². The van der Waals surface area contributed by atoms with E-state index in [4.69, 9.17) is 18.6 Å². The molecule has 39 heavy (non-hydrogen) atoms. The van der Waals surface area contributed by atoms with Crippen molar-refractivity contribution in [2.24, 2.45) is 5.92 Å². The van der Waals surface area contributed by atoms with Gasteiger partial charge in [0.2, 0.25) is 5.91 Å². The fourth-order valence-electron chi connectivity index (χ4n) is 5.26. The van der Waals surface area contributed by atoms with Crippen molar-refractivity contribution < 1.29 is 23.4 Å². The third kappa shape index (κ3) is 5.95. The number of rotatable bonds is 8. The zero-order valence-electron chi connectivity index (χ0n) is 22.2. The number of hydrogen-bond donors (Lipinski definition) is 1. The normalized spacial score (nSPS) is 18.6. The fraction of sp³-hybridized carbons (Fsp3) is 0.467. The summed E-state index contributed by atoms with van der Waals surface area (Å²) in [6.07, 6.45) is 3.56. The Labute approximate surface area is 227 Å². The van der Waals surface area contributed by atoms with E-state index < -0.39 is 0 Å². The number of benzene rings is 2. The van der Waals surface area contributed by atoms with Gasteiger partial charge in [-0.25, -0.2) is 0 Å². The largest absolute Gasteiger partial charge is 0.491 e. The van der Waals surface area contributed by atoms with Gasteiger partial charge in [-0.2, -0.15) is 0 Å². The van der Waals surface area contributed by atoms with E-state index in [2.05, 4.69) is 10.2 Å². The molecule has 3 heterocycles. The van der Waals surface area contributed by atoms with E-state index in [1.165, 1.54) is 6.42 Å². The van der Waals surface area contributed by atoms with E-state index in [0.29, 0.717) is 86.9 Å². The molecule has 2 aromatic carbocycles. The number of nitrogens with zero attached hydrogens (tertiary/aromatic N) is 2. The molecular weight excluding hydrogens is 498 g/mol. The van der Waals surface area contributed by atoms with Gasteiger partial charge in [0.1, 0.15) is 11.3 Å². The van der Waals surface area contributed by atoms with Crippen LogP contribution in [0, 0.1) is 5.92 Å². The molecule has 3 fully saturated rings. The molecule has 2 saturated heterocycles. The predicted octanol–water partition coefficient (Wildman–Crippen LogP) is 3.75. The van der Waals surface area contributed by atoms with Crippen LogP contribution < -0.4 is 20.4 Å². The summed E-state index contributed by atoms with van der Waals surface area (Å²) in [4.78, 5) is 30.1. The molecule has 6 rings (SSSR count). The number of carbonyl (C=O) groups is 1. The Bertz CT molecular complexity index is 1370. The van der Waals surface area contributed by atoms with Crippen LogP contribution in [0.4, 0.5) is 11.6 Å². The van der Waals surface area contributed by atoms with Crippen LogP contribution in [0.3, 0.4) is 0 Å². The molecule has 1 N–H and O–H groups in total. The zero-order valence-corrected chi connectivity index (χ0v) is 22.2. The van der Waals surface area contributed by atoms with Gasteiger partial charge in [0.15, 0.2) is 11.3 Å². The summed E-state index contributed by atoms with van der Waals surface area (Å²) < 4.78 is 23.5. The third-order valence-corrected chi connectivity index (χ3v) is 7.80. The maximum Gasteiger partial charge on any atom is 0.238 e. The molecule has 2 aliphatic heterocycles. The number of para-hydroxylation sites is 1. The highest BCUT2D eigenvalue weighted by atomic mass is 16.5. The van der Waals surface area contributed by atoms with Crippen LogP contribution >= 0.6 is 0 Å². The second-order valence-electron chi connectivity index (χ2n) is 10.5. The van der Waals surface area contributed by atoms with Crippen molar-refractivity contribution in [2.75, 3.05) is 76.0 Å². The summed E-state index contributed by atoms with van der Waals surface area (Å²) in [5, 5.41) is 3.59. The van der Waals surface area contributed by atoms with Gasteiger partial charge in [0.25, 0.3) is 0 Å². The highest BCUT2D eigenvalue weighted by Gasteiger charge is 2.22. The quantitative estimate of drug-likeness (QED) is 0.468. The molecule has 9 heteroatoms. The molecular formula is C30H35N3O6. The minimum Gasteiger partial charge on any atom is -0.491 e. The lowest BCUT2D eigenvalue weighted by atomic mass is 9.86. The van der Waals surface area contributed by atoms with Gasteiger partial charge in [-0.15, -0.1) is 0 Å². The van der Waals surface area contributed by atoms with Crippen molar-refractivity contribution in [1.82, 2.24) is 4.90 Å². The molecule has 0 atom stereocenters. The predicted molar refractivity (Wildman–Crippen MR) is 150 cm³/mol. The molecule has 3 aliphatic rings. The molecule has 0 bridgehead atoms. The standard InChI is InChI=1S/C30H35N3O6/c34-26-18-29(33-11-15-37-16-12-33)39-30-23(5-2-6-24(26)30)22-7-8-25(27(17-22)38-20-21-3-1-4-21)31-28(35)19-32-9-13-36-14-10-32/h2,5-8,17-18,21H,1,3-4,9-16,19-20H2,(H,31,35). The van der Waals surface area contributed by atoms with E-state index >= 15 is 0 Å². The zero-order chi connectivity index (χ0) is 26.6. The number of morpholine rings is 2. The van der Waals surface area contributed by atoms with E-state index in [-0.39, 0.29) is 11.3 Å². The van der Waals surface area contributed by atoms with Gasteiger partial charge in [0.05, 0.1) is 50.7 Å². The number of fused-ring (bicyclic) bond motifs is 1. The first-order valence-electron chi connectivity index (χ1n) is 13.9. The number of ether oxygens (including phenoxy) is 3. The van der Waals surface area contributed by atoms with Gasteiger partial charge < -0.3 is 28.8 Å². The smallest absolute Gasteiger partial charge is 0.238 e. The van der Waals surface area contributed by atoms with E-state index in [1.807, 2.05) is 35.2 Å². The molecule has 3 aromatic rings. The maximum absolute atomic E-state index is 13.0. The Morgan fingerprint density at radius 3 is 2.49 bits per heavy atom. The van der Waals surface area contributed by atoms with Crippen LogP contribution in [-0.4, -0.2) is 76.6 Å². The summed E-state index contributed by atoms with van der Waals surface area (Å²) in [5.41, 5.74) is 2.78. The maximum atomic E-state index is 13.0. The van der Waals surface area contributed by atoms with Crippen LogP contribution in [0.2, 0.25) is 0 Å². The van der Waals surface area contributed by atoms with Crippen molar-refractivity contribution >= 4 is 28.4 Å². The Kier molecular flexibility index (Phi) is 7.81. The second-order valence-corrected chi connectivity index (χ2v) is 10.5. The second kappa shape index (κ2) is 11.8. The molecule has 0 radical (unpaired) electrons. The number of nitrogens with one attached hydrogen (secondary N) is 1. The lowest BCUT2D eigenvalue weighted by Gasteiger charge is -2.27. The first kappa shape index (κ1) is 25.9. The van der Waals surface area contributed by atoms with Crippen LogP contribution in [0.5, 0.6) is 5.75 Å². The van der Waals surface area contributed by atoms with Crippen LogP contribution in [0.1, 0.15) is 19.3 Å². The first-order chi connectivity index (χ1) is 19.1. The highest BCUT2D eigenvalue weighted by Crippen LogP contribution is 2.36. The average Bonchev–Trinajstić information content (AvgIpc) is 2.94. The van der Waals surface area contributed by atoms with Gasteiger partial charge in [-0.3, -0.25) is 14.5 Å². The minimum absolute atomic E-state index is 0.0759. The van der Waals surface area contributed by atoms with E-state index in [1.54, 1.807) is 12.1 Å². The van der Waals surface area contributed by atoms with Gasteiger partial charge in [-0.05, 0) is 42.5 Å². The van der Waals surface area contributed by atoms with Crippen molar-refractivity contribution in [3.8, 4) is 16.9 Å². The van der Waals surface area contributed by atoms with E-state index in [0.717, 1.165) is 37.1 Å². The Morgan fingerprint density at radius 2 is 1.74 bits per heavy atom. The van der Waals surface area contributed by atoms with Crippen LogP contribution in [0.25, 0.3) is 22.1 Å². The van der Waals surface area contributed by atoms with Crippen LogP contribution in [0.15, 0.2) is 51.7 Å². The Balaban J connectivity index is 1.31. The Hall–Kier alpha value is -3.40. The number of amides is 1. The van der Waals surface area contributed by atoms with Gasteiger partial charge in [0, 0.05) is 37.8 Å². The summed E-state index contributed by atoms with van der Waals surface area (Å²) >= 11 is 0. The van der Waals surface area contributed by atoms with Crippen molar-refractivity contribution in [2.45, 2.75) is 19.3 Å². The number of hydrogen-bond acceptors (Lipinski definition) is 8. The van der Waals surface area contributed by atoms with Gasteiger partial charge in [-0.1, -0.05) is 24.6 Å². The SMILES string of the molecule is O=C(CN1CCOCC1)Nc1ccc(-c2cccc3c(=O)cc(N4CCOCC4)oc23)cc1OCC1CCC1. The minimum atomic E-state index is -0.0792. The van der Waals surface area contributed by atoms with Crippen molar-refractivity contribution in [1.29, 1.82) is 0 Å². The molecule has 0 spiro atoms. The lowest BCUT2D eigenvalue weighted by molar-refractivity contribution is -0.118. The molecule has 1 amide bonds. The number of carbonyl (C=O) groups excluding carboxylic acids is 1. The number of anilines is 2. The lowest BCUT2D eigenvalue weighted by Crippen LogP contribution is -2.41. The summed E-state index contributed by atoms with van der Waals surface area (Å²) in [5.74, 6) is 1.64. The summed E-state index contributed by atoms with van der Waals surface area (Å²) in [7, 11) is 0. The van der Waals surface area contributed by atoms with Crippen molar-refractivity contribution in [3.63, 3.8) is 0 Å². The third-order valence-electron chi connectivity index (χ3n) is 7.80. The molecule has 206 valence electrons. The van der Waals surface area contributed by atoms with Gasteiger partial charge >= 0.3 is 0 Å². The molecule has 1 saturated carbocycles. The fourth-order valence-corrected chi connectivity index (χ4v) is 5.26. The molecule has 1 aliphatic carbocycles. The molecule has 1 aromatic heterocycles. The monoisotopic (exact) mass is 533 g/mol. The molecule has 0 unspecified atom stereocenters. The first-order valence-corrected chi connectivity index (χ1v) is 13.9. The average molecular weight is 534 g/mol. The summed E-state index contributed by atoms with van der Waals surface area (Å²) in [6, 6.07) is 13.0. The summed E-state index contributed by atoms with van der Waals surface area (Å²) in [6.45, 7) is 6.26. The van der Waals surface area contributed by atoms with Crippen molar-refractivity contribution in [3.05, 3.63) is 52.7 Å². The van der Waals surface area contributed by atoms with Crippen LogP contribution in [-0.2, 0) is 14.3 Å². The molecule has 9 nitrogen and oxygen atoms in total. The Morgan fingerprint density at radius 1 is 0.974 bits per heavy atom.